The third-order valence-electron chi connectivity index (χ3n) is 3.35. The lowest BCUT2D eigenvalue weighted by Crippen LogP contribution is -2.38. The summed E-state index contributed by atoms with van der Waals surface area (Å²) in [6.45, 7) is 10.2. The minimum atomic E-state index is -0.127. The van der Waals surface area contributed by atoms with Gasteiger partial charge in [0.05, 0.1) is 19.3 Å². The first-order chi connectivity index (χ1) is 11.5. The van der Waals surface area contributed by atoms with Crippen LogP contribution in [-0.4, -0.2) is 32.1 Å². The number of amides is 1. The van der Waals surface area contributed by atoms with Crippen LogP contribution in [0.4, 0.5) is 5.69 Å². The van der Waals surface area contributed by atoms with Crippen LogP contribution in [0.2, 0.25) is 0 Å². The summed E-state index contributed by atoms with van der Waals surface area (Å²) in [4.78, 5) is 15.9. The molecule has 0 saturated heterocycles. The van der Waals surface area contributed by atoms with Crippen molar-refractivity contribution in [3.63, 3.8) is 0 Å². The molecule has 1 aromatic carbocycles. The van der Waals surface area contributed by atoms with Gasteiger partial charge in [0.25, 0.3) is 0 Å². The molecule has 1 amide bonds. The van der Waals surface area contributed by atoms with Crippen molar-refractivity contribution in [2.45, 2.75) is 40.7 Å². The van der Waals surface area contributed by atoms with Crippen LogP contribution < -0.4 is 20.7 Å². The Labute approximate surface area is 145 Å². The molecule has 6 heteroatoms. The number of hydrogen-bond acceptors (Lipinski definition) is 3. The molecule has 0 aliphatic carbocycles. The number of carbonyl (C=O) groups is 1. The van der Waals surface area contributed by atoms with Crippen LogP contribution >= 0.6 is 0 Å². The van der Waals surface area contributed by atoms with Gasteiger partial charge in [0, 0.05) is 20.0 Å². The Morgan fingerprint density at radius 2 is 2.04 bits per heavy atom. The summed E-state index contributed by atoms with van der Waals surface area (Å²) in [6.07, 6.45) is 1.10. The predicted molar refractivity (Wildman–Crippen MR) is 99.6 cm³/mol. The van der Waals surface area contributed by atoms with E-state index in [-0.39, 0.29) is 5.91 Å². The topological polar surface area (TPSA) is 74.8 Å². The molecule has 1 rings (SSSR count). The van der Waals surface area contributed by atoms with Crippen molar-refractivity contribution in [1.29, 1.82) is 0 Å². The second kappa shape index (κ2) is 10.5. The van der Waals surface area contributed by atoms with Crippen molar-refractivity contribution in [3.8, 4) is 5.75 Å². The number of benzene rings is 1. The van der Waals surface area contributed by atoms with E-state index in [0.29, 0.717) is 23.9 Å². The zero-order valence-electron chi connectivity index (χ0n) is 15.4. The van der Waals surface area contributed by atoms with Gasteiger partial charge in [0.15, 0.2) is 5.96 Å². The average Bonchev–Trinajstić information content (AvgIpc) is 2.52. The normalized spacial score (nSPS) is 11.3. The van der Waals surface area contributed by atoms with Crippen LogP contribution in [0.5, 0.6) is 5.75 Å². The van der Waals surface area contributed by atoms with Gasteiger partial charge < -0.3 is 20.7 Å². The van der Waals surface area contributed by atoms with Gasteiger partial charge in [-0.25, -0.2) is 4.99 Å². The summed E-state index contributed by atoms with van der Waals surface area (Å²) in [5.74, 6) is 1.97. The summed E-state index contributed by atoms with van der Waals surface area (Å²) >= 11 is 0. The predicted octanol–water partition coefficient (Wildman–Crippen LogP) is 2.75. The lowest BCUT2D eigenvalue weighted by Gasteiger charge is -2.13. The molecule has 0 aromatic heterocycles. The maximum absolute atomic E-state index is 11.3. The molecule has 0 spiro atoms. The van der Waals surface area contributed by atoms with Crippen LogP contribution in [0.1, 0.15) is 39.7 Å². The number of methoxy groups -OCH3 is 1. The van der Waals surface area contributed by atoms with Gasteiger partial charge in [-0.05, 0) is 37.0 Å². The Kier molecular flexibility index (Phi) is 8.68. The third kappa shape index (κ3) is 7.35. The minimum absolute atomic E-state index is 0.127. The highest BCUT2D eigenvalue weighted by molar-refractivity contribution is 5.90. The monoisotopic (exact) mass is 334 g/mol. The molecule has 1 aromatic rings. The van der Waals surface area contributed by atoms with Crippen molar-refractivity contribution in [2.75, 3.05) is 25.5 Å². The quantitative estimate of drug-likeness (QED) is 0.505. The molecule has 0 aliphatic heterocycles. The van der Waals surface area contributed by atoms with Gasteiger partial charge in [-0.3, -0.25) is 4.79 Å². The summed E-state index contributed by atoms with van der Waals surface area (Å²) in [6, 6.07) is 5.68. The molecule has 0 radical (unpaired) electrons. The van der Waals surface area contributed by atoms with E-state index in [1.165, 1.54) is 6.92 Å². The van der Waals surface area contributed by atoms with E-state index in [0.717, 1.165) is 31.0 Å². The molecule has 0 saturated carbocycles. The molecule has 0 bridgehead atoms. The standard InChI is InChI=1S/C18H30N4O2/c1-6-19-18(20-10-9-13(2)3)21-12-15-7-8-17(24-5)16(11-15)22-14(4)23/h7-8,11,13H,6,9-10,12H2,1-5H3,(H,22,23)(H2,19,20,21). The number of anilines is 1. The molecular weight excluding hydrogens is 304 g/mol. The molecule has 24 heavy (non-hydrogen) atoms. The van der Waals surface area contributed by atoms with Crippen LogP contribution in [0.25, 0.3) is 0 Å². The molecule has 0 aliphatic rings. The van der Waals surface area contributed by atoms with E-state index in [1.807, 2.05) is 25.1 Å². The van der Waals surface area contributed by atoms with Gasteiger partial charge in [-0.2, -0.15) is 0 Å². The van der Waals surface area contributed by atoms with E-state index in [1.54, 1.807) is 7.11 Å². The summed E-state index contributed by atoms with van der Waals surface area (Å²) in [7, 11) is 1.58. The molecular formula is C18H30N4O2. The second-order valence-corrected chi connectivity index (χ2v) is 6.02. The van der Waals surface area contributed by atoms with Gasteiger partial charge in [-0.1, -0.05) is 19.9 Å². The summed E-state index contributed by atoms with van der Waals surface area (Å²) < 4.78 is 5.27. The minimum Gasteiger partial charge on any atom is -0.495 e. The first-order valence-electron chi connectivity index (χ1n) is 8.43. The van der Waals surface area contributed by atoms with Crippen LogP contribution in [0.3, 0.4) is 0 Å². The zero-order chi connectivity index (χ0) is 17.9. The van der Waals surface area contributed by atoms with Crippen molar-refractivity contribution in [1.82, 2.24) is 10.6 Å². The van der Waals surface area contributed by atoms with Gasteiger partial charge >= 0.3 is 0 Å². The Morgan fingerprint density at radius 1 is 1.29 bits per heavy atom. The van der Waals surface area contributed by atoms with Crippen molar-refractivity contribution in [3.05, 3.63) is 23.8 Å². The second-order valence-electron chi connectivity index (χ2n) is 6.02. The highest BCUT2D eigenvalue weighted by atomic mass is 16.5. The highest BCUT2D eigenvalue weighted by Crippen LogP contribution is 2.25. The van der Waals surface area contributed by atoms with Gasteiger partial charge in [-0.15, -0.1) is 0 Å². The summed E-state index contributed by atoms with van der Waals surface area (Å²) in [5.41, 5.74) is 1.66. The average molecular weight is 334 g/mol. The van der Waals surface area contributed by atoms with E-state index >= 15 is 0 Å². The van der Waals surface area contributed by atoms with E-state index in [4.69, 9.17) is 4.74 Å². The lowest BCUT2D eigenvalue weighted by atomic mass is 10.1. The van der Waals surface area contributed by atoms with Crippen molar-refractivity contribution < 1.29 is 9.53 Å². The zero-order valence-corrected chi connectivity index (χ0v) is 15.4. The van der Waals surface area contributed by atoms with Crippen molar-refractivity contribution >= 4 is 17.6 Å². The molecule has 0 unspecified atom stereocenters. The third-order valence-corrected chi connectivity index (χ3v) is 3.35. The SMILES string of the molecule is CCNC(=NCc1ccc(OC)c(NC(C)=O)c1)NCCC(C)C. The smallest absolute Gasteiger partial charge is 0.221 e. The molecule has 134 valence electrons. The first-order valence-corrected chi connectivity index (χ1v) is 8.43. The molecule has 0 fully saturated rings. The van der Waals surface area contributed by atoms with E-state index < -0.39 is 0 Å². The highest BCUT2D eigenvalue weighted by Gasteiger charge is 2.06. The number of nitrogens with one attached hydrogen (secondary N) is 3. The number of carbonyl (C=O) groups excluding carboxylic acids is 1. The fraction of sp³-hybridized carbons (Fsp3) is 0.556. The lowest BCUT2D eigenvalue weighted by molar-refractivity contribution is -0.114. The van der Waals surface area contributed by atoms with Crippen LogP contribution in [-0.2, 0) is 11.3 Å². The number of nitrogens with zero attached hydrogens (tertiary/aromatic N) is 1. The number of ether oxygens (including phenoxy) is 1. The maximum Gasteiger partial charge on any atom is 0.221 e. The maximum atomic E-state index is 11.3. The van der Waals surface area contributed by atoms with Gasteiger partial charge in [0.2, 0.25) is 5.91 Å². The fourth-order valence-electron chi connectivity index (χ4n) is 2.13. The van der Waals surface area contributed by atoms with Crippen molar-refractivity contribution in [2.24, 2.45) is 10.9 Å². The number of guanidine groups is 1. The van der Waals surface area contributed by atoms with Gasteiger partial charge in [0.1, 0.15) is 5.75 Å². The molecule has 6 nitrogen and oxygen atoms in total. The van der Waals surface area contributed by atoms with Crippen LogP contribution in [0, 0.1) is 5.92 Å². The Hall–Kier alpha value is -2.24. The largest absolute Gasteiger partial charge is 0.495 e. The van der Waals surface area contributed by atoms with Crippen LogP contribution in [0.15, 0.2) is 23.2 Å². The Balaban J connectivity index is 2.78. The molecule has 0 heterocycles. The Morgan fingerprint density at radius 3 is 2.62 bits per heavy atom. The molecule has 0 atom stereocenters. The number of rotatable bonds is 8. The fourth-order valence-corrected chi connectivity index (χ4v) is 2.13. The molecule has 3 N–H and O–H groups in total. The number of aliphatic imine (C=N–C) groups is 1. The first kappa shape index (κ1) is 19.8. The Bertz CT molecular complexity index is 556. The number of hydrogen-bond donors (Lipinski definition) is 3. The summed E-state index contributed by atoms with van der Waals surface area (Å²) in [5, 5.41) is 9.36. The van der Waals surface area contributed by atoms with E-state index in [2.05, 4.69) is 34.8 Å². The van der Waals surface area contributed by atoms with E-state index in [9.17, 15) is 4.79 Å².